The maximum atomic E-state index is 14.1. The van der Waals surface area contributed by atoms with E-state index >= 15 is 0 Å². The molecule has 1 aromatic heterocycles. The normalized spacial score (nSPS) is 12.3. The van der Waals surface area contributed by atoms with Gasteiger partial charge in [0.05, 0.1) is 6.04 Å². The van der Waals surface area contributed by atoms with Crippen LogP contribution in [0.3, 0.4) is 0 Å². The fraction of sp³-hybridized carbons (Fsp3) is 0.312. The van der Waals surface area contributed by atoms with Crippen LogP contribution in [0.4, 0.5) is 10.2 Å². The van der Waals surface area contributed by atoms with Gasteiger partial charge in [-0.05, 0) is 37.6 Å². The molecular weight excluding hydrogens is 253 g/mol. The Morgan fingerprint density at radius 3 is 2.75 bits per heavy atom. The van der Waals surface area contributed by atoms with Gasteiger partial charge in [-0.2, -0.15) is 0 Å². The third-order valence-corrected chi connectivity index (χ3v) is 3.21. The Bertz CT molecular complexity index is 584. The number of nitrogens with two attached hydrogens (primary N) is 1. The number of nitrogen functional groups attached to an aromatic ring is 1. The summed E-state index contributed by atoms with van der Waals surface area (Å²) in [6.45, 7) is 4.81. The van der Waals surface area contributed by atoms with Crippen LogP contribution in [0.15, 0.2) is 36.5 Å². The van der Waals surface area contributed by atoms with Gasteiger partial charge >= 0.3 is 0 Å². The molecule has 3 N–H and O–H groups in total. The second kappa shape index (κ2) is 6.48. The predicted molar refractivity (Wildman–Crippen MR) is 79.9 cm³/mol. The van der Waals surface area contributed by atoms with Gasteiger partial charge in [0.25, 0.3) is 0 Å². The highest BCUT2D eigenvalue weighted by atomic mass is 19.1. The lowest BCUT2D eigenvalue weighted by Gasteiger charge is -2.21. The Morgan fingerprint density at radius 2 is 2.05 bits per heavy atom. The van der Waals surface area contributed by atoms with E-state index in [0.717, 1.165) is 24.1 Å². The molecule has 0 bridgehead atoms. The van der Waals surface area contributed by atoms with Crippen molar-refractivity contribution < 1.29 is 4.39 Å². The fourth-order valence-corrected chi connectivity index (χ4v) is 2.22. The Balaban J connectivity index is 2.47. The molecule has 0 aliphatic rings. The first-order valence-electron chi connectivity index (χ1n) is 6.83. The minimum Gasteiger partial charge on any atom is -0.383 e. The molecule has 4 heteroatoms. The Labute approximate surface area is 119 Å². The number of benzene rings is 1. The highest BCUT2D eigenvalue weighted by molar-refractivity contribution is 5.47. The molecule has 0 aliphatic carbocycles. The van der Waals surface area contributed by atoms with Crippen LogP contribution in [-0.2, 0) is 0 Å². The topological polar surface area (TPSA) is 50.9 Å². The van der Waals surface area contributed by atoms with E-state index in [4.69, 9.17) is 5.73 Å². The van der Waals surface area contributed by atoms with Crippen LogP contribution in [0.25, 0.3) is 0 Å². The Morgan fingerprint density at radius 1 is 1.30 bits per heavy atom. The molecule has 0 fully saturated rings. The van der Waals surface area contributed by atoms with Gasteiger partial charge in [-0.25, -0.2) is 9.37 Å². The summed E-state index contributed by atoms with van der Waals surface area (Å²) >= 11 is 0. The highest BCUT2D eigenvalue weighted by Gasteiger charge is 2.19. The average Bonchev–Trinajstić information content (AvgIpc) is 2.44. The lowest BCUT2D eigenvalue weighted by molar-refractivity contribution is 0.546. The standard InChI is InChI=1S/C16H20FN3/c1-3-8-19-15(12-6-4-5-7-14(12)17)13-9-11(2)10-20-16(13)18/h4-7,9-10,15,19H,3,8H2,1-2H3,(H2,18,20). The van der Waals surface area contributed by atoms with E-state index in [0.29, 0.717) is 11.4 Å². The third-order valence-electron chi connectivity index (χ3n) is 3.21. The maximum absolute atomic E-state index is 14.1. The largest absolute Gasteiger partial charge is 0.383 e. The first-order valence-corrected chi connectivity index (χ1v) is 6.83. The van der Waals surface area contributed by atoms with Gasteiger partial charge in [0.1, 0.15) is 11.6 Å². The van der Waals surface area contributed by atoms with Gasteiger partial charge in [-0.1, -0.05) is 25.1 Å². The molecule has 1 atom stereocenters. The minimum absolute atomic E-state index is 0.234. The van der Waals surface area contributed by atoms with Crippen LogP contribution in [-0.4, -0.2) is 11.5 Å². The summed E-state index contributed by atoms with van der Waals surface area (Å²) in [4.78, 5) is 4.18. The van der Waals surface area contributed by atoms with Crippen molar-refractivity contribution in [2.24, 2.45) is 0 Å². The zero-order valence-electron chi connectivity index (χ0n) is 11.9. The zero-order chi connectivity index (χ0) is 14.5. The van der Waals surface area contributed by atoms with E-state index in [1.165, 1.54) is 6.07 Å². The number of halogens is 1. The van der Waals surface area contributed by atoms with Crippen LogP contribution in [0.1, 0.15) is 36.1 Å². The quantitative estimate of drug-likeness (QED) is 0.879. The summed E-state index contributed by atoms with van der Waals surface area (Å²) in [5, 5.41) is 3.35. The molecule has 20 heavy (non-hydrogen) atoms. The molecule has 0 saturated carbocycles. The average molecular weight is 273 g/mol. The molecule has 1 aromatic carbocycles. The molecule has 0 aliphatic heterocycles. The lowest BCUT2D eigenvalue weighted by Crippen LogP contribution is -2.25. The van der Waals surface area contributed by atoms with Gasteiger partial charge in [0.15, 0.2) is 0 Å². The number of pyridine rings is 1. The van der Waals surface area contributed by atoms with Crippen molar-refractivity contribution in [3.05, 3.63) is 59.0 Å². The number of nitrogens with zero attached hydrogens (tertiary/aromatic N) is 1. The van der Waals surface area contributed by atoms with Crippen molar-refractivity contribution in [1.29, 1.82) is 0 Å². The second-order valence-electron chi connectivity index (χ2n) is 4.90. The van der Waals surface area contributed by atoms with Crippen LogP contribution in [0.5, 0.6) is 0 Å². The van der Waals surface area contributed by atoms with Gasteiger partial charge in [-0.3, -0.25) is 0 Å². The summed E-state index contributed by atoms with van der Waals surface area (Å²) in [7, 11) is 0. The molecule has 1 heterocycles. The molecule has 0 radical (unpaired) electrons. The summed E-state index contributed by atoms with van der Waals surface area (Å²) in [5.74, 6) is 0.203. The van der Waals surface area contributed by atoms with E-state index in [9.17, 15) is 4.39 Å². The maximum Gasteiger partial charge on any atom is 0.128 e. The minimum atomic E-state index is -0.274. The van der Waals surface area contributed by atoms with Crippen molar-refractivity contribution in [3.63, 3.8) is 0 Å². The first kappa shape index (κ1) is 14.5. The molecule has 2 aromatic rings. The van der Waals surface area contributed by atoms with Gasteiger partial charge in [-0.15, -0.1) is 0 Å². The van der Waals surface area contributed by atoms with Gasteiger partial charge in [0.2, 0.25) is 0 Å². The van der Waals surface area contributed by atoms with Crippen molar-refractivity contribution in [2.45, 2.75) is 26.3 Å². The SMILES string of the molecule is CCCNC(c1ccccc1F)c1cc(C)cnc1N. The number of anilines is 1. The Kier molecular flexibility index (Phi) is 4.69. The molecular formula is C16H20FN3. The highest BCUT2D eigenvalue weighted by Crippen LogP contribution is 2.28. The monoisotopic (exact) mass is 273 g/mol. The predicted octanol–water partition coefficient (Wildman–Crippen LogP) is 3.20. The van der Waals surface area contributed by atoms with Crippen LogP contribution in [0, 0.1) is 12.7 Å². The zero-order valence-corrected chi connectivity index (χ0v) is 11.9. The molecule has 2 rings (SSSR count). The van der Waals surface area contributed by atoms with Gasteiger partial charge < -0.3 is 11.1 Å². The van der Waals surface area contributed by atoms with Crippen LogP contribution >= 0.6 is 0 Å². The van der Waals surface area contributed by atoms with Crippen LogP contribution < -0.4 is 11.1 Å². The number of rotatable bonds is 5. The van der Waals surface area contributed by atoms with Crippen molar-refractivity contribution in [3.8, 4) is 0 Å². The van der Waals surface area contributed by atoms with E-state index in [1.54, 1.807) is 18.3 Å². The Hall–Kier alpha value is -1.94. The second-order valence-corrected chi connectivity index (χ2v) is 4.90. The van der Waals surface area contributed by atoms with E-state index in [2.05, 4.69) is 17.2 Å². The molecule has 106 valence electrons. The summed E-state index contributed by atoms with van der Waals surface area (Å²) in [5.41, 5.74) is 8.40. The first-order chi connectivity index (χ1) is 9.63. The van der Waals surface area contributed by atoms with Crippen molar-refractivity contribution >= 4 is 5.82 Å². The summed E-state index contributed by atoms with van der Waals surface area (Å²) < 4.78 is 14.1. The molecule has 1 unspecified atom stereocenters. The third kappa shape index (κ3) is 3.14. The number of nitrogens with one attached hydrogen (secondary N) is 1. The summed E-state index contributed by atoms with van der Waals surface area (Å²) in [6.07, 6.45) is 2.68. The van der Waals surface area contributed by atoms with Crippen molar-refractivity contribution in [1.82, 2.24) is 10.3 Å². The fourth-order valence-electron chi connectivity index (χ4n) is 2.22. The molecule has 0 saturated heterocycles. The van der Waals surface area contributed by atoms with E-state index in [-0.39, 0.29) is 11.9 Å². The van der Waals surface area contributed by atoms with E-state index in [1.807, 2.05) is 19.1 Å². The van der Waals surface area contributed by atoms with Crippen LogP contribution in [0.2, 0.25) is 0 Å². The summed E-state index contributed by atoms with van der Waals surface area (Å²) in [6, 6.07) is 8.46. The smallest absolute Gasteiger partial charge is 0.128 e. The number of hydrogen-bond acceptors (Lipinski definition) is 3. The molecule has 0 spiro atoms. The number of hydrogen-bond donors (Lipinski definition) is 2. The van der Waals surface area contributed by atoms with Gasteiger partial charge in [0, 0.05) is 17.3 Å². The number of aryl methyl sites for hydroxylation is 1. The molecule has 3 nitrogen and oxygen atoms in total. The van der Waals surface area contributed by atoms with E-state index < -0.39 is 0 Å². The number of aromatic nitrogens is 1. The van der Waals surface area contributed by atoms with Crippen molar-refractivity contribution in [2.75, 3.05) is 12.3 Å². The lowest BCUT2D eigenvalue weighted by atomic mass is 9.97. The molecule has 0 amide bonds.